The van der Waals surface area contributed by atoms with E-state index in [4.69, 9.17) is 5.73 Å². The van der Waals surface area contributed by atoms with E-state index >= 15 is 0 Å². The molecule has 0 aromatic heterocycles. The number of hydrazine groups is 1. The van der Waals surface area contributed by atoms with Gasteiger partial charge in [0.2, 0.25) is 0 Å². The van der Waals surface area contributed by atoms with Gasteiger partial charge in [-0.3, -0.25) is 0 Å². The number of hydrogen-bond acceptors (Lipinski definition) is 4. The number of piperidine rings is 1. The molecule has 1 aliphatic heterocycles. The Labute approximate surface area is 114 Å². The Morgan fingerprint density at radius 1 is 1.11 bits per heavy atom. The standard InChI is InChI=1S/C13H21N3O2S/c1-10-6-7-11(2)13(12(10)14)19(17,18)15-16-8-4-3-5-9-16/h6-7,15H,3-5,8-9,14H2,1-2H3. The zero-order valence-electron chi connectivity index (χ0n) is 11.4. The first-order chi connectivity index (χ1) is 8.92. The largest absolute Gasteiger partial charge is 0.397 e. The highest BCUT2D eigenvalue weighted by Crippen LogP contribution is 2.26. The van der Waals surface area contributed by atoms with Gasteiger partial charge in [0.05, 0.1) is 5.69 Å². The molecule has 6 heteroatoms. The quantitative estimate of drug-likeness (QED) is 0.826. The van der Waals surface area contributed by atoms with Gasteiger partial charge >= 0.3 is 0 Å². The molecule has 0 amide bonds. The number of aryl methyl sites for hydroxylation is 2. The van der Waals surface area contributed by atoms with Crippen LogP contribution in [-0.4, -0.2) is 26.5 Å². The molecule has 1 aliphatic rings. The van der Waals surface area contributed by atoms with Crippen LogP contribution in [0.3, 0.4) is 0 Å². The molecular weight excluding hydrogens is 262 g/mol. The number of nitrogen functional groups attached to an aromatic ring is 1. The molecule has 1 fully saturated rings. The van der Waals surface area contributed by atoms with Crippen molar-refractivity contribution in [2.24, 2.45) is 0 Å². The second-order valence-corrected chi connectivity index (χ2v) is 6.68. The van der Waals surface area contributed by atoms with E-state index in [2.05, 4.69) is 4.83 Å². The van der Waals surface area contributed by atoms with Gasteiger partial charge in [0.1, 0.15) is 4.90 Å². The molecule has 0 bridgehead atoms. The molecule has 0 atom stereocenters. The van der Waals surface area contributed by atoms with E-state index < -0.39 is 10.0 Å². The lowest BCUT2D eigenvalue weighted by atomic mass is 10.1. The predicted octanol–water partition coefficient (Wildman–Crippen LogP) is 1.56. The summed E-state index contributed by atoms with van der Waals surface area (Å²) < 4.78 is 24.9. The summed E-state index contributed by atoms with van der Waals surface area (Å²) in [7, 11) is -3.59. The molecule has 3 N–H and O–H groups in total. The van der Waals surface area contributed by atoms with Crippen molar-refractivity contribution in [1.29, 1.82) is 0 Å². The summed E-state index contributed by atoms with van der Waals surface area (Å²) in [5, 5.41) is 1.76. The molecule has 19 heavy (non-hydrogen) atoms. The molecule has 5 nitrogen and oxygen atoms in total. The molecule has 0 spiro atoms. The first kappa shape index (κ1) is 14.3. The predicted molar refractivity (Wildman–Crippen MR) is 76.1 cm³/mol. The minimum absolute atomic E-state index is 0.207. The van der Waals surface area contributed by atoms with Crippen LogP contribution in [0.1, 0.15) is 30.4 Å². The van der Waals surface area contributed by atoms with Crippen LogP contribution in [0.15, 0.2) is 17.0 Å². The van der Waals surface area contributed by atoms with Crippen LogP contribution in [0, 0.1) is 13.8 Å². The lowest BCUT2D eigenvalue weighted by Gasteiger charge is -2.27. The summed E-state index contributed by atoms with van der Waals surface area (Å²) in [6.07, 6.45) is 3.19. The highest BCUT2D eigenvalue weighted by molar-refractivity contribution is 7.89. The molecule has 1 aromatic rings. The van der Waals surface area contributed by atoms with Gasteiger partial charge in [0.25, 0.3) is 10.0 Å². The summed E-state index contributed by atoms with van der Waals surface area (Å²) in [6.45, 7) is 5.09. The van der Waals surface area contributed by atoms with E-state index in [1.54, 1.807) is 18.0 Å². The second-order valence-electron chi connectivity index (χ2n) is 5.08. The molecular formula is C13H21N3O2S. The summed E-state index contributed by atoms with van der Waals surface area (Å²) in [4.78, 5) is 2.85. The van der Waals surface area contributed by atoms with Crippen molar-refractivity contribution in [1.82, 2.24) is 9.84 Å². The first-order valence-corrected chi connectivity index (χ1v) is 8.03. The molecule has 106 valence electrons. The molecule has 2 rings (SSSR count). The Bertz CT molecular complexity index is 563. The number of nitrogens with one attached hydrogen (secondary N) is 1. The Morgan fingerprint density at radius 3 is 2.32 bits per heavy atom. The second kappa shape index (κ2) is 5.48. The third kappa shape index (κ3) is 3.08. The van der Waals surface area contributed by atoms with Gasteiger partial charge in [-0.1, -0.05) is 18.6 Å². The highest BCUT2D eigenvalue weighted by atomic mass is 32.2. The maximum Gasteiger partial charge on any atom is 0.255 e. The number of nitrogens with zero attached hydrogens (tertiary/aromatic N) is 1. The van der Waals surface area contributed by atoms with E-state index in [1.807, 2.05) is 13.0 Å². The number of rotatable bonds is 3. The van der Waals surface area contributed by atoms with Crippen LogP contribution < -0.4 is 10.6 Å². The summed E-state index contributed by atoms with van der Waals surface area (Å²) >= 11 is 0. The van der Waals surface area contributed by atoms with E-state index in [-0.39, 0.29) is 4.90 Å². The number of sulfonamides is 1. The summed E-state index contributed by atoms with van der Waals surface area (Å²) in [5.41, 5.74) is 7.73. The van der Waals surface area contributed by atoms with Crippen LogP contribution in [-0.2, 0) is 10.0 Å². The van der Waals surface area contributed by atoms with Gasteiger partial charge in [-0.2, -0.15) is 0 Å². The third-order valence-corrected chi connectivity index (χ3v) is 5.06. The molecule has 1 saturated heterocycles. The minimum Gasteiger partial charge on any atom is -0.397 e. The number of hydrogen-bond donors (Lipinski definition) is 2. The van der Waals surface area contributed by atoms with Crippen molar-refractivity contribution < 1.29 is 8.42 Å². The maximum atomic E-state index is 12.5. The van der Waals surface area contributed by atoms with Crippen LogP contribution in [0.4, 0.5) is 5.69 Å². The molecule has 0 unspecified atom stereocenters. The van der Waals surface area contributed by atoms with Gasteiger partial charge in [-0.05, 0) is 37.8 Å². The van der Waals surface area contributed by atoms with Gasteiger partial charge < -0.3 is 5.73 Å². The van der Waals surface area contributed by atoms with Gasteiger partial charge in [-0.15, -0.1) is 4.83 Å². The van der Waals surface area contributed by atoms with E-state index in [9.17, 15) is 8.42 Å². The van der Waals surface area contributed by atoms with E-state index in [0.717, 1.165) is 37.9 Å². The van der Waals surface area contributed by atoms with Gasteiger partial charge in [0, 0.05) is 13.1 Å². The van der Waals surface area contributed by atoms with Crippen molar-refractivity contribution in [2.75, 3.05) is 18.8 Å². The lowest BCUT2D eigenvalue weighted by Crippen LogP contribution is -2.45. The molecule has 1 heterocycles. The van der Waals surface area contributed by atoms with E-state index in [1.165, 1.54) is 0 Å². The Morgan fingerprint density at radius 2 is 1.68 bits per heavy atom. The van der Waals surface area contributed by atoms with Gasteiger partial charge in [-0.25, -0.2) is 13.4 Å². The fraction of sp³-hybridized carbons (Fsp3) is 0.538. The van der Waals surface area contributed by atoms with Crippen LogP contribution in [0.5, 0.6) is 0 Å². The first-order valence-electron chi connectivity index (χ1n) is 6.55. The van der Waals surface area contributed by atoms with Crippen molar-refractivity contribution in [3.63, 3.8) is 0 Å². The topological polar surface area (TPSA) is 75.4 Å². The van der Waals surface area contributed by atoms with Crippen molar-refractivity contribution in [3.8, 4) is 0 Å². The molecule has 0 aliphatic carbocycles. The summed E-state index contributed by atoms with van der Waals surface area (Å²) in [6, 6.07) is 3.63. The Balaban J connectivity index is 2.31. The third-order valence-electron chi connectivity index (χ3n) is 3.49. The van der Waals surface area contributed by atoms with Crippen molar-refractivity contribution in [3.05, 3.63) is 23.3 Å². The lowest BCUT2D eigenvalue weighted by molar-refractivity contribution is 0.200. The minimum atomic E-state index is -3.59. The normalized spacial score (nSPS) is 17.6. The number of nitrogens with two attached hydrogens (primary N) is 1. The summed E-state index contributed by atoms with van der Waals surface area (Å²) in [5.74, 6) is 0. The van der Waals surface area contributed by atoms with Crippen LogP contribution in [0.25, 0.3) is 0 Å². The Kier molecular flexibility index (Phi) is 4.13. The molecule has 1 aromatic carbocycles. The average Bonchev–Trinajstić information content (AvgIpc) is 2.35. The number of anilines is 1. The average molecular weight is 283 g/mol. The smallest absolute Gasteiger partial charge is 0.255 e. The monoisotopic (exact) mass is 283 g/mol. The SMILES string of the molecule is Cc1ccc(C)c(S(=O)(=O)NN2CCCCC2)c1N. The molecule has 0 saturated carbocycles. The Hall–Kier alpha value is -1.11. The van der Waals surface area contributed by atoms with Crippen molar-refractivity contribution in [2.45, 2.75) is 38.0 Å². The zero-order valence-corrected chi connectivity index (χ0v) is 12.3. The highest BCUT2D eigenvalue weighted by Gasteiger charge is 2.24. The maximum absolute atomic E-state index is 12.5. The fourth-order valence-electron chi connectivity index (χ4n) is 2.36. The molecule has 0 radical (unpaired) electrons. The van der Waals surface area contributed by atoms with Crippen LogP contribution in [0.2, 0.25) is 0 Å². The fourth-order valence-corrected chi connectivity index (χ4v) is 3.92. The van der Waals surface area contributed by atoms with Crippen LogP contribution >= 0.6 is 0 Å². The van der Waals surface area contributed by atoms with Gasteiger partial charge in [0.15, 0.2) is 0 Å². The van der Waals surface area contributed by atoms with E-state index in [0.29, 0.717) is 11.3 Å². The zero-order chi connectivity index (χ0) is 14.0. The van der Waals surface area contributed by atoms with Crippen molar-refractivity contribution >= 4 is 15.7 Å². The number of benzene rings is 1.